The van der Waals surface area contributed by atoms with Gasteiger partial charge in [0.1, 0.15) is 5.82 Å². The van der Waals surface area contributed by atoms with Gasteiger partial charge in [-0.3, -0.25) is 4.79 Å². The number of halogens is 2. The molecule has 23 heavy (non-hydrogen) atoms. The summed E-state index contributed by atoms with van der Waals surface area (Å²) in [4.78, 5) is 18.7. The molecule has 134 valence electrons. The maximum atomic E-state index is 12.4. The van der Waals surface area contributed by atoms with E-state index in [1.807, 2.05) is 19.3 Å². The summed E-state index contributed by atoms with van der Waals surface area (Å²) >= 11 is 0. The predicted octanol–water partition coefficient (Wildman–Crippen LogP) is 2.94. The molecule has 0 bridgehead atoms. The Morgan fingerprint density at radius 3 is 2.70 bits per heavy atom. The molecule has 1 aromatic heterocycles. The van der Waals surface area contributed by atoms with Crippen LogP contribution in [0.3, 0.4) is 0 Å². The Balaban J connectivity index is 0.00000242. The number of unbranched alkanes of at least 4 members (excludes halogenated alkanes) is 3. The van der Waals surface area contributed by atoms with Gasteiger partial charge in [0, 0.05) is 37.9 Å². The van der Waals surface area contributed by atoms with E-state index in [1.165, 1.54) is 0 Å². The monoisotopic (exact) mass is 364 g/mol. The lowest BCUT2D eigenvalue weighted by Crippen LogP contribution is -2.38. The summed E-state index contributed by atoms with van der Waals surface area (Å²) in [5.41, 5.74) is 5.48. The SMILES string of the molecule is Cc1nccn1CC1CCCN1C(=O)CCCCCCN.Cl.Cl. The van der Waals surface area contributed by atoms with Crippen molar-refractivity contribution in [2.24, 2.45) is 5.73 Å². The molecule has 1 amide bonds. The van der Waals surface area contributed by atoms with E-state index in [9.17, 15) is 4.79 Å². The molecule has 1 saturated heterocycles. The Hall–Kier alpha value is -0.780. The highest BCUT2D eigenvalue weighted by Crippen LogP contribution is 2.21. The summed E-state index contributed by atoms with van der Waals surface area (Å²) in [6.07, 6.45) is 11.1. The van der Waals surface area contributed by atoms with Gasteiger partial charge >= 0.3 is 0 Å². The zero-order valence-corrected chi connectivity index (χ0v) is 15.6. The van der Waals surface area contributed by atoms with Crippen LogP contribution in [0, 0.1) is 6.92 Å². The number of amides is 1. The minimum Gasteiger partial charge on any atom is -0.338 e. The first-order valence-corrected chi connectivity index (χ1v) is 8.19. The van der Waals surface area contributed by atoms with Crippen molar-refractivity contribution in [1.29, 1.82) is 0 Å². The molecule has 0 aromatic carbocycles. The molecule has 1 fully saturated rings. The summed E-state index contributed by atoms with van der Waals surface area (Å²) in [6.45, 7) is 4.57. The van der Waals surface area contributed by atoms with Crippen molar-refractivity contribution in [2.75, 3.05) is 13.1 Å². The van der Waals surface area contributed by atoms with Crippen molar-refractivity contribution in [3.8, 4) is 0 Å². The van der Waals surface area contributed by atoms with Gasteiger partial charge in [0.2, 0.25) is 5.91 Å². The summed E-state index contributed by atoms with van der Waals surface area (Å²) in [5, 5.41) is 0. The van der Waals surface area contributed by atoms with Crippen molar-refractivity contribution in [3.05, 3.63) is 18.2 Å². The van der Waals surface area contributed by atoms with E-state index in [1.54, 1.807) is 0 Å². The Kier molecular flexibility index (Phi) is 11.3. The van der Waals surface area contributed by atoms with E-state index in [4.69, 9.17) is 5.73 Å². The van der Waals surface area contributed by atoms with Crippen molar-refractivity contribution in [3.63, 3.8) is 0 Å². The molecular weight excluding hydrogens is 335 g/mol. The molecule has 1 aliphatic rings. The van der Waals surface area contributed by atoms with Gasteiger partial charge in [0.25, 0.3) is 0 Å². The normalized spacial score (nSPS) is 16.8. The standard InChI is InChI=1S/C16H28N4O.2ClH/c1-14-18-10-12-19(14)13-15-7-6-11-20(15)16(21)8-4-2-3-5-9-17;;/h10,12,15H,2-9,11,13,17H2,1H3;2*1H. The Morgan fingerprint density at radius 2 is 2.04 bits per heavy atom. The van der Waals surface area contributed by atoms with Gasteiger partial charge in [0.05, 0.1) is 0 Å². The molecule has 2 heterocycles. The zero-order valence-electron chi connectivity index (χ0n) is 13.9. The number of aryl methyl sites for hydroxylation is 1. The number of hydrogen-bond donors (Lipinski definition) is 1. The van der Waals surface area contributed by atoms with Crippen LogP contribution in [0.4, 0.5) is 0 Å². The van der Waals surface area contributed by atoms with Crippen LogP contribution in [0.2, 0.25) is 0 Å². The van der Waals surface area contributed by atoms with Crippen molar-refractivity contribution in [1.82, 2.24) is 14.5 Å². The number of carbonyl (C=O) groups excluding carboxylic acids is 1. The number of carbonyl (C=O) groups is 1. The Labute approximate surface area is 151 Å². The average Bonchev–Trinajstić information content (AvgIpc) is 3.09. The molecule has 0 spiro atoms. The second-order valence-electron chi connectivity index (χ2n) is 5.96. The van der Waals surface area contributed by atoms with E-state index in [0.717, 1.165) is 64.0 Å². The summed E-state index contributed by atoms with van der Waals surface area (Å²) in [6, 6.07) is 0.342. The fraction of sp³-hybridized carbons (Fsp3) is 0.750. The van der Waals surface area contributed by atoms with E-state index >= 15 is 0 Å². The van der Waals surface area contributed by atoms with Crippen LogP contribution >= 0.6 is 24.8 Å². The molecule has 0 aliphatic carbocycles. The van der Waals surface area contributed by atoms with E-state index in [-0.39, 0.29) is 24.8 Å². The van der Waals surface area contributed by atoms with E-state index in [2.05, 4.69) is 14.5 Å². The number of nitrogens with two attached hydrogens (primary N) is 1. The maximum absolute atomic E-state index is 12.4. The molecule has 5 nitrogen and oxygen atoms in total. The average molecular weight is 365 g/mol. The van der Waals surface area contributed by atoms with Crippen LogP contribution in [0.5, 0.6) is 0 Å². The topological polar surface area (TPSA) is 64.2 Å². The zero-order chi connectivity index (χ0) is 15.1. The lowest BCUT2D eigenvalue weighted by atomic mass is 10.1. The number of rotatable bonds is 8. The molecule has 1 aromatic rings. The summed E-state index contributed by atoms with van der Waals surface area (Å²) < 4.78 is 2.15. The number of likely N-dealkylation sites (tertiary alicyclic amines) is 1. The van der Waals surface area contributed by atoms with Gasteiger partial charge in [-0.2, -0.15) is 0 Å². The Morgan fingerprint density at radius 1 is 1.30 bits per heavy atom. The lowest BCUT2D eigenvalue weighted by Gasteiger charge is -2.25. The molecule has 1 unspecified atom stereocenters. The molecular formula is C16H30Cl2N4O. The van der Waals surface area contributed by atoms with Gasteiger partial charge in [-0.15, -0.1) is 24.8 Å². The third-order valence-electron chi connectivity index (χ3n) is 4.37. The summed E-state index contributed by atoms with van der Waals surface area (Å²) in [5.74, 6) is 1.35. The Bertz CT molecular complexity index is 453. The highest BCUT2D eigenvalue weighted by atomic mass is 35.5. The number of nitrogens with zero attached hydrogens (tertiary/aromatic N) is 3. The fourth-order valence-electron chi connectivity index (χ4n) is 3.10. The molecule has 1 atom stereocenters. The third kappa shape index (κ3) is 6.69. The number of hydrogen-bond acceptors (Lipinski definition) is 3. The second-order valence-corrected chi connectivity index (χ2v) is 5.96. The van der Waals surface area contributed by atoms with E-state index in [0.29, 0.717) is 18.4 Å². The quantitative estimate of drug-likeness (QED) is 0.721. The first kappa shape index (κ1) is 22.2. The number of aromatic nitrogens is 2. The first-order valence-electron chi connectivity index (χ1n) is 8.19. The van der Waals surface area contributed by atoms with Gasteiger partial charge in [-0.05, 0) is 39.2 Å². The fourth-order valence-corrected chi connectivity index (χ4v) is 3.10. The van der Waals surface area contributed by atoms with Gasteiger partial charge < -0.3 is 15.2 Å². The maximum Gasteiger partial charge on any atom is 0.222 e. The van der Waals surface area contributed by atoms with Crippen LogP contribution in [-0.4, -0.2) is 39.5 Å². The summed E-state index contributed by atoms with van der Waals surface area (Å²) in [7, 11) is 0. The molecule has 7 heteroatoms. The minimum absolute atomic E-state index is 0. The molecule has 1 aliphatic heterocycles. The highest BCUT2D eigenvalue weighted by Gasteiger charge is 2.28. The van der Waals surface area contributed by atoms with Crippen molar-refractivity contribution < 1.29 is 4.79 Å². The first-order chi connectivity index (χ1) is 10.2. The molecule has 2 rings (SSSR count). The molecule has 0 radical (unpaired) electrons. The van der Waals surface area contributed by atoms with Gasteiger partial charge in [0.15, 0.2) is 0 Å². The van der Waals surface area contributed by atoms with Gasteiger partial charge in [-0.1, -0.05) is 12.8 Å². The van der Waals surface area contributed by atoms with Crippen LogP contribution in [0.25, 0.3) is 0 Å². The molecule has 2 N–H and O–H groups in total. The van der Waals surface area contributed by atoms with Crippen LogP contribution < -0.4 is 5.73 Å². The molecule has 0 saturated carbocycles. The smallest absolute Gasteiger partial charge is 0.222 e. The van der Waals surface area contributed by atoms with Crippen molar-refractivity contribution >= 4 is 30.7 Å². The number of imidazole rings is 1. The second kappa shape index (κ2) is 11.7. The third-order valence-corrected chi connectivity index (χ3v) is 4.37. The highest BCUT2D eigenvalue weighted by molar-refractivity contribution is 5.85. The lowest BCUT2D eigenvalue weighted by molar-refractivity contribution is -0.132. The predicted molar refractivity (Wildman–Crippen MR) is 98.3 cm³/mol. The minimum atomic E-state index is 0. The van der Waals surface area contributed by atoms with Gasteiger partial charge in [-0.25, -0.2) is 4.98 Å². The van der Waals surface area contributed by atoms with Crippen LogP contribution in [0.1, 0.15) is 50.8 Å². The largest absolute Gasteiger partial charge is 0.338 e. The van der Waals surface area contributed by atoms with Crippen LogP contribution in [-0.2, 0) is 11.3 Å². The van der Waals surface area contributed by atoms with E-state index < -0.39 is 0 Å². The van der Waals surface area contributed by atoms with Crippen LogP contribution in [0.15, 0.2) is 12.4 Å². The van der Waals surface area contributed by atoms with Crippen molar-refractivity contribution in [2.45, 2.75) is 64.5 Å².